The van der Waals surface area contributed by atoms with Gasteiger partial charge in [0.25, 0.3) is 0 Å². The average molecular weight is 258 g/mol. The fourth-order valence-corrected chi connectivity index (χ4v) is 2.24. The van der Waals surface area contributed by atoms with Crippen molar-refractivity contribution in [1.29, 1.82) is 0 Å². The minimum absolute atomic E-state index is 0.307. The van der Waals surface area contributed by atoms with E-state index in [0.29, 0.717) is 29.7 Å². The van der Waals surface area contributed by atoms with Crippen molar-refractivity contribution in [3.63, 3.8) is 0 Å². The number of hydrogen-bond donors (Lipinski definition) is 2. The van der Waals surface area contributed by atoms with Gasteiger partial charge in [-0.05, 0) is 5.92 Å². The van der Waals surface area contributed by atoms with Crippen LogP contribution in [-0.2, 0) is 17.8 Å². The zero-order valence-corrected chi connectivity index (χ0v) is 11.8. The van der Waals surface area contributed by atoms with Crippen molar-refractivity contribution < 1.29 is 4.21 Å². The quantitative estimate of drug-likeness (QED) is 0.807. The van der Waals surface area contributed by atoms with Crippen molar-refractivity contribution in [2.24, 2.45) is 7.05 Å². The van der Waals surface area contributed by atoms with Gasteiger partial charge in [-0.25, -0.2) is 0 Å². The first-order valence-corrected chi connectivity index (χ1v) is 7.37. The molecule has 0 bridgehead atoms. The summed E-state index contributed by atoms with van der Waals surface area (Å²) in [6.07, 6.45) is 0. The van der Waals surface area contributed by atoms with Gasteiger partial charge in [0.15, 0.2) is 0 Å². The molecular weight excluding hydrogens is 236 g/mol. The smallest absolute Gasteiger partial charge is 0.147 e. The van der Waals surface area contributed by atoms with Crippen LogP contribution in [0.1, 0.15) is 32.4 Å². The second-order valence-corrected chi connectivity index (χ2v) is 6.15. The zero-order valence-electron chi connectivity index (χ0n) is 11.0. The normalized spacial score (nSPS) is 13.0. The number of anilines is 2. The van der Waals surface area contributed by atoms with Crippen molar-refractivity contribution in [3.05, 3.63) is 5.69 Å². The lowest BCUT2D eigenvalue weighted by molar-refractivity contribution is 0.683. The molecular formula is C11H22N4OS. The lowest BCUT2D eigenvalue weighted by Gasteiger charge is -2.07. The van der Waals surface area contributed by atoms with Gasteiger partial charge in [0, 0.05) is 35.9 Å². The van der Waals surface area contributed by atoms with Gasteiger partial charge >= 0.3 is 0 Å². The molecule has 0 amide bonds. The fourth-order valence-electron chi connectivity index (χ4n) is 1.62. The Bertz CT molecular complexity index is 400. The van der Waals surface area contributed by atoms with Crippen molar-refractivity contribution in [2.45, 2.75) is 26.7 Å². The molecule has 5 nitrogen and oxygen atoms in total. The number of rotatable bonds is 6. The number of nitrogens with two attached hydrogens (primary N) is 1. The van der Waals surface area contributed by atoms with E-state index < -0.39 is 10.8 Å². The highest BCUT2D eigenvalue weighted by atomic mass is 32.2. The standard InChI is InChI=1S/C11H22N4OS/c1-5-17(16)7-6-13-11-9(12)10(8(2)3)14-15(11)4/h8,13H,5-7,12H2,1-4H3. The summed E-state index contributed by atoms with van der Waals surface area (Å²) in [5.41, 5.74) is 7.64. The molecule has 1 rings (SSSR count). The molecule has 17 heavy (non-hydrogen) atoms. The van der Waals surface area contributed by atoms with E-state index in [1.807, 2.05) is 14.0 Å². The number of hydrogen-bond acceptors (Lipinski definition) is 4. The third-order valence-electron chi connectivity index (χ3n) is 2.60. The lowest BCUT2D eigenvalue weighted by Crippen LogP contribution is -2.14. The van der Waals surface area contributed by atoms with Gasteiger partial charge in [0.05, 0.1) is 11.4 Å². The molecule has 0 radical (unpaired) electrons. The largest absolute Gasteiger partial charge is 0.394 e. The molecule has 0 aromatic carbocycles. The molecule has 0 fully saturated rings. The van der Waals surface area contributed by atoms with Crippen LogP contribution in [0.2, 0.25) is 0 Å². The van der Waals surface area contributed by atoms with E-state index in [1.54, 1.807) is 4.68 Å². The van der Waals surface area contributed by atoms with Gasteiger partial charge in [-0.3, -0.25) is 8.89 Å². The predicted molar refractivity (Wildman–Crippen MR) is 73.7 cm³/mol. The number of nitrogens with one attached hydrogen (secondary N) is 1. The summed E-state index contributed by atoms with van der Waals surface area (Å²) in [6.45, 7) is 6.70. The summed E-state index contributed by atoms with van der Waals surface area (Å²) in [4.78, 5) is 0. The third kappa shape index (κ3) is 3.46. The Hall–Kier alpha value is -1.04. The number of nitrogen functional groups attached to an aromatic ring is 1. The van der Waals surface area contributed by atoms with Crippen molar-refractivity contribution in [3.8, 4) is 0 Å². The summed E-state index contributed by atoms with van der Waals surface area (Å²) < 4.78 is 13.1. The first kappa shape index (κ1) is 14.0. The highest BCUT2D eigenvalue weighted by Gasteiger charge is 2.15. The molecule has 0 spiro atoms. The Morgan fingerprint density at radius 3 is 2.65 bits per heavy atom. The van der Waals surface area contributed by atoms with Gasteiger partial charge in [0.1, 0.15) is 5.82 Å². The van der Waals surface area contributed by atoms with Crippen LogP contribution in [0.25, 0.3) is 0 Å². The SMILES string of the molecule is CCS(=O)CCNc1c(N)c(C(C)C)nn1C. The van der Waals surface area contributed by atoms with Crippen molar-refractivity contribution in [1.82, 2.24) is 9.78 Å². The Morgan fingerprint density at radius 2 is 2.18 bits per heavy atom. The maximum Gasteiger partial charge on any atom is 0.147 e. The van der Waals surface area contributed by atoms with Crippen LogP contribution in [0.4, 0.5) is 11.5 Å². The molecule has 1 aromatic heterocycles. The number of aryl methyl sites for hydroxylation is 1. The van der Waals surface area contributed by atoms with Gasteiger partial charge < -0.3 is 11.1 Å². The van der Waals surface area contributed by atoms with Crippen LogP contribution in [0.3, 0.4) is 0 Å². The topological polar surface area (TPSA) is 72.9 Å². The second kappa shape index (κ2) is 6.05. The Morgan fingerprint density at radius 1 is 1.53 bits per heavy atom. The summed E-state index contributed by atoms with van der Waals surface area (Å²) in [5.74, 6) is 2.46. The van der Waals surface area contributed by atoms with Crippen LogP contribution >= 0.6 is 0 Å². The molecule has 98 valence electrons. The minimum atomic E-state index is -0.749. The van der Waals surface area contributed by atoms with E-state index in [0.717, 1.165) is 11.5 Å². The first-order valence-electron chi connectivity index (χ1n) is 5.88. The molecule has 0 aliphatic carbocycles. The van der Waals surface area contributed by atoms with Gasteiger partial charge in [-0.2, -0.15) is 5.10 Å². The Balaban J connectivity index is 2.68. The summed E-state index contributed by atoms with van der Waals surface area (Å²) in [6, 6.07) is 0. The molecule has 1 heterocycles. The number of aromatic nitrogens is 2. The molecule has 1 aromatic rings. The van der Waals surface area contributed by atoms with Crippen LogP contribution in [0, 0.1) is 0 Å². The molecule has 1 unspecified atom stereocenters. The highest BCUT2D eigenvalue weighted by molar-refractivity contribution is 7.84. The summed E-state index contributed by atoms with van der Waals surface area (Å²) in [5, 5.41) is 7.59. The molecule has 1 atom stereocenters. The van der Waals surface area contributed by atoms with E-state index in [2.05, 4.69) is 24.3 Å². The van der Waals surface area contributed by atoms with E-state index in [-0.39, 0.29) is 0 Å². The lowest BCUT2D eigenvalue weighted by atomic mass is 10.1. The fraction of sp³-hybridized carbons (Fsp3) is 0.727. The molecule has 3 N–H and O–H groups in total. The van der Waals surface area contributed by atoms with E-state index in [9.17, 15) is 4.21 Å². The maximum absolute atomic E-state index is 11.3. The molecule has 0 aliphatic heterocycles. The average Bonchev–Trinajstić information content (AvgIpc) is 2.56. The molecule has 0 saturated carbocycles. The summed E-state index contributed by atoms with van der Waals surface area (Å²) in [7, 11) is 1.11. The monoisotopic (exact) mass is 258 g/mol. The zero-order chi connectivity index (χ0) is 13.0. The Kier molecular flexibility index (Phi) is 4.99. The van der Waals surface area contributed by atoms with Crippen LogP contribution in [0.5, 0.6) is 0 Å². The third-order valence-corrected chi connectivity index (χ3v) is 3.91. The van der Waals surface area contributed by atoms with Crippen molar-refractivity contribution >= 4 is 22.3 Å². The van der Waals surface area contributed by atoms with E-state index in [1.165, 1.54) is 0 Å². The van der Waals surface area contributed by atoms with Crippen molar-refractivity contribution in [2.75, 3.05) is 29.1 Å². The van der Waals surface area contributed by atoms with E-state index >= 15 is 0 Å². The van der Waals surface area contributed by atoms with Gasteiger partial charge in [-0.15, -0.1) is 0 Å². The van der Waals surface area contributed by atoms with Gasteiger partial charge in [0.2, 0.25) is 0 Å². The first-order chi connectivity index (χ1) is 7.97. The van der Waals surface area contributed by atoms with Crippen LogP contribution in [-0.4, -0.2) is 32.0 Å². The summed E-state index contributed by atoms with van der Waals surface area (Å²) >= 11 is 0. The van der Waals surface area contributed by atoms with Gasteiger partial charge in [-0.1, -0.05) is 20.8 Å². The highest BCUT2D eigenvalue weighted by Crippen LogP contribution is 2.27. The van der Waals surface area contributed by atoms with E-state index in [4.69, 9.17) is 5.73 Å². The maximum atomic E-state index is 11.3. The van der Waals surface area contributed by atoms with Crippen LogP contribution < -0.4 is 11.1 Å². The minimum Gasteiger partial charge on any atom is -0.394 e. The molecule has 0 aliphatic rings. The predicted octanol–water partition coefficient (Wildman–Crippen LogP) is 1.31. The Labute approximate surface area is 105 Å². The molecule has 0 saturated heterocycles. The molecule has 6 heteroatoms. The second-order valence-electron chi connectivity index (χ2n) is 4.29. The number of nitrogens with zero attached hydrogens (tertiary/aromatic N) is 2. The van der Waals surface area contributed by atoms with Crippen LogP contribution in [0.15, 0.2) is 0 Å².